The number of piperidine rings is 1. The standard InChI is InChI=1S/C18H26N6/c1-4-14-10-18(20-12-19-14)24-8-6-7-16(11-24)23-17-9-15(5-2)21-13(3)22-17/h9-10,12,16H,4-8,11H2,1-3H3,(H,21,22,23). The third-order valence-corrected chi connectivity index (χ3v) is 4.42. The van der Waals surface area contributed by atoms with Crippen LogP contribution in [0.25, 0.3) is 0 Å². The second-order valence-corrected chi connectivity index (χ2v) is 6.30. The monoisotopic (exact) mass is 326 g/mol. The van der Waals surface area contributed by atoms with Crippen molar-refractivity contribution in [3.8, 4) is 0 Å². The summed E-state index contributed by atoms with van der Waals surface area (Å²) in [7, 11) is 0. The Balaban J connectivity index is 1.70. The zero-order valence-electron chi connectivity index (χ0n) is 14.8. The van der Waals surface area contributed by atoms with E-state index in [0.29, 0.717) is 6.04 Å². The summed E-state index contributed by atoms with van der Waals surface area (Å²) >= 11 is 0. The van der Waals surface area contributed by atoms with Crippen LogP contribution in [-0.2, 0) is 12.8 Å². The number of aryl methyl sites for hydroxylation is 3. The van der Waals surface area contributed by atoms with Gasteiger partial charge in [0.2, 0.25) is 0 Å². The second-order valence-electron chi connectivity index (χ2n) is 6.30. The molecule has 0 amide bonds. The predicted octanol–water partition coefficient (Wildman–Crippen LogP) is 2.78. The summed E-state index contributed by atoms with van der Waals surface area (Å²) in [5.41, 5.74) is 2.18. The van der Waals surface area contributed by atoms with E-state index < -0.39 is 0 Å². The van der Waals surface area contributed by atoms with Gasteiger partial charge in [-0.15, -0.1) is 0 Å². The van der Waals surface area contributed by atoms with Crippen molar-refractivity contribution >= 4 is 11.6 Å². The highest BCUT2D eigenvalue weighted by atomic mass is 15.2. The Bertz CT molecular complexity index is 687. The molecule has 2 aromatic heterocycles. The van der Waals surface area contributed by atoms with E-state index in [1.165, 1.54) is 0 Å². The number of hydrogen-bond acceptors (Lipinski definition) is 6. The molecule has 128 valence electrons. The van der Waals surface area contributed by atoms with Crippen LogP contribution in [0, 0.1) is 6.92 Å². The van der Waals surface area contributed by atoms with Crippen LogP contribution in [-0.4, -0.2) is 39.1 Å². The minimum Gasteiger partial charge on any atom is -0.365 e. The van der Waals surface area contributed by atoms with Gasteiger partial charge in [0.05, 0.1) is 0 Å². The summed E-state index contributed by atoms with van der Waals surface area (Å²) < 4.78 is 0. The van der Waals surface area contributed by atoms with Crippen LogP contribution in [0.3, 0.4) is 0 Å². The molecule has 6 nitrogen and oxygen atoms in total. The molecule has 1 fully saturated rings. The molecule has 0 saturated carbocycles. The molecule has 1 aliphatic rings. The summed E-state index contributed by atoms with van der Waals surface area (Å²) in [6.07, 6.45) is 5.83. The first-order chi connectivity index (χ1) is 11.7. The van der Waals surface area contributed by atoms with Gasteiger partial charge in [0, 0.05) is 42.7 Å². The molecule has 1 unspecified atom stereocenters. The lowest BCUT2D eigenvalue weighted by Crippen LogP contribution is -2.42. The Hall–Kier alpha value is -2.24. The Morgan fingerprint density at radius 1 is 1.12 bits per heavy atom. The lowest BCUT2D eigenvalue weighted by Gasteiger charge is -2.34. The van der Waals surface area contributed by atoms with Gasteiger partial charge in [0.1, 0.15) is 23.8 Å². The van der Waals surface area contributed by atoms with Crippen molar-refractivity contribution in [3.05, 3.63) is 35.7 Å². The smallest absolute Gasteiger partial charge is 0.132 e. The molecule has 0 spiro atoms. The highest BCUT2D eigenvalue weighted by Crippen LogP contribution is 2.20. The lowest BCUT2D eigenvalue weighted by atomic mass is 10.1. The largest absolute Gasteiger partial charge is 0.365 e. The molecule has 0 aromatic carbocycles. The molecule has 1 atom stereocenters. The molecule has 24 heavy (non-hydrogen) atoms. The van der Waals surface area contributed by atoms with E-state index in [1.807, 2.05) is 6.92 Å². The minimum absolute atomic E-state index is 0.373. The molecule has 6 heteroatoms. The van der Waals surface area contributed by atoms with Gasteiger partial charge in [-0.05, 0) is 32.6 Å². The third-order valence-electron chi connectivity index (χ3n) is 4.42. The van der Waals surface area contributed by atoms with E-state index in [-0.39, 0.29) is 0 Å². The molecule has 0 radical (unpaired) electrons. The topological polar surface area (TPSA) is 66.8 Å². The van der Waals surface area contributed by atoms with Gasteiger partial charge in [0.15, 0.2) is 0 Å². The van der Waals surface area contributed by atoms with Crippen LogP contribution < -0.4 is 10.2 Å². The normalized spacial score (nSPS) is 17.8. The first-order valence-corrected chi connectivity index (χ1v) is 8.85. The molecule has 1 aliphatic heterocycles. The summed E-state index contributed by atoms with van der Waals surface area (Å²) in [5.74, 6) is 2.79. The molecule has 2 aromatic rings. The van der Waals surface area contributed by atoms with Gasteiger partial charge in [-0.1, -0.05) is 13.8 Å². The minimum atomic E-state index is 0.373. The molecule has 3 heterocycles. The van der Waals surface area contributed by atoms with Crippen LogP contribution in [0.15, 0.2) is 18.5 Å². The predicted molar refractivity (Wildman–Crippen MR) is 96.4 cm³/mol. The number of aromatic nitrogens is 4. The number of rotatable bonds is 5. The van der Waals surface area contributed by atoms with Gasteiger partial charge in [0.25, 0.3) is 0 Å². The van der Waals surface area contributed by atoms with Gasteiger partial charge in [-0.2, -0.15) is 0 Å². The molecule has 1 saturated heterocycles. The van der Waals surface area contributed by atoms with E-state index in [9.17, 15) is 0 Å². The molecule has 3 rings (SSSR count). The fourth-order valence-corrected chi connectivity index (χ4v) is 3.15. The van der Waals surface area contributed by atoms with Crippen LogP contribution >= 0.6 is 0 Å². The Labute approximate surface area is 143 Å². The Kier molecular flexibility index (Phi) is 5.23. The molecular weight excluding hydrogens is 300 g/mol. The number of hydrogen-bond donors (Lipinski definition) is 1. The van der Waals surface area contributed by atoms with Crippen LogP contribution in [0.2, 0.25) is 0 Å². The second kappa shape index (κ2) is 7.55. The van der Waals surface area contributed by atoms with E-state index >= 15 is 0 Å². The quantitative estimate of drug-likeness (QED) is 0.911. The zero-order valence-corrected chi connectivity index (χ0v) is 14.8. The van der Waals surface area contributed by atoms with Crippen molar-refractivity contribution in [2.75, 3.05) is 23.3 Å². The summed E-state index contributed by atoms with van der Waals surface area (Å²) in [6, 6.07) is 4.54. The first kappa shape index (κ1) is 16.6. The number of anilines is 2. The van der Waals surface area contributed by atoms with Crippen LogP contribution in [0.1, 0.15) is 43.9 Å². The average molecular weight is 326 g/mol. The molecular formula is C18H26N6. The van der Waals surface area contributed by atoms with E-state index in [0.717, 1.165) is 67.6 Å². The van der Waals surface area contributed by atoms with Crippen molar-refractivity contribution in [1.82, 2.24) is 19.9 Å². The lowest BCUT2D eigenvalue weighted by molar-refractivity contribution is 0.525. The maximum Gasteiger partial charge on any atom is 0.132 e. The van der Waals surface area contributed by atoms with Gasteiger partial charge < -0.3 is 10.2 Å². The highest BCUT2D eigenvalue weighted by Gasteiger charge is 2.21. The summed E-state index contributed by atoms with van der Waals surface area (Å²) in [4.78, 5) is 20.1. The first-order valence-electron chi connectivity index (χ1n) is 8.85. The fourth-order valence-electron chi connectivity index (χ4n) is 3.15. The van der Waals surface area contributed by atoms with Crippen molar-refractivity contribution in [3.63, 3.8) is 0 Å². The van der Waals surface area contributed by atoms with Crippen molar-refractivity contribution < 1.29 is 0 Å². The van der Waals surface area contributed by atoms with Crippen LogP contribution in [0.5, 0.6) is 0 Å². The van der Waals surface area contributed by atoms with E-state index in [1.54, 1.807) is 6.33 Å². The molecule has 0 aliphatic carbocycles. The maximum atomic E-state index is 4.53. The van der Waals surface area contributed by atoms with Gasteiger partial charge >= 0.3 is 0 Å². The summed E-state index contributed by atoms with van der Waals surface area (Å²) in [5, 5.41) is 3.59. The van der Waals surface area contributed by atoms with Gasteiger partial charge in [-0.3, -0.25) is 0 Å². The molecule has 1 N–H and O–H groups in total. The zero-order chi connectivity index (χ0) is 16.9. The van der Waals surface area contributed by atoms with Crippen molar-refractivity contribution in [2.45, 2.75) is 52.5 Å². The summed E-state index contributed by atoms with van der Waals surface area (Å²) in [6.45, 7) is 8.17. The average Bonchev–Trinajstić information content (AvgIpc) is 2.61. The molecule has 0 bridgehead atoms. The fraction of sp³-hybridized carbons (Fsp3) is 0.556. The number of nitrogens with one attached hydrogen (secondary N) is 1. The maximum absolute atomic E-state index is 4.53. The Morgan fingerprint density at radius 2 is 1.96 bits per heavy atom. The van der Waals surface area contributed by atoms with Crippen molar-refractivity contribution in [1.29, 1.82) is 0 Å². The van der Waals surface area contributed by atoms with Crippen molar-refractivity contribution in [2.24, 2.45) is 0 Å². The van der Waals surface area contributed by atoms with Gasteiger partial charge in [-0.25, -0.2) is 19.9 Å². The van der Waals surface area contributed by atoms with Crippen LogP contribution in [0.4, 0.5) is 11.6 Å². The van der Waals surface area contributed by atoms with E-state index in [4.69, 9.17) is 0 Å². The van der Waals surface area contributed by atoms with E-state index in [2.05, 4.69) is 56.1 Å². The third kappa shape index (κ3) is 3.99. The highest BCUT2D eigenvalue weighted by molar-refractivity contribution is 5.42. The number of nitrogens with zero attached hydrogens (tertiary/aromatic N) is 5. The SMILES string of the molecule is CCc1cc(N2CCCC(Nc3cc(CC)nc(C)n3)C2)ncn1. The Morgan fingerprint density at radius 3 is 2.75 bits per heavy atom.